The van der Waals surface area contributed by atoms with Crippen LogP contribution in [0.1, 0.15) is 22.0 Å². The lowest BCUT2D eigenvalue weighted by Crippen LogP contribution is -2.28. The van der Waals surface area contributed by atoms with E-state index < -0.39 is 23.6 Å². The van der Waals surface area contributed by atoms with E-state index in [9.17, 15) is 18.7 Å². The molecule has 0 aliphatic heterocycles. The number of aromatic nitrogens is 1. The van der Waals surface area contributed by atoms with Crippen molar-refractivity contribution in [3.8, 4) is 11.4 Å². The van der Waals surface area contributed by atoms with Gasteiger partial charge in [0.1, 0.15) is 5.75 Å². The van der Waals surface area contributed by atoms with E-state index in [-0.39, 0.29) is 17.7 Å². The number of nitrogens with zero attached hydrogens (tertiary/aromatic N) is 1. The largest absolute Gasteiger partial charge is 0.496 e. The third-order valence-electron chi connectivity index (χ3n) is 4.18. The van der Waals surface area contributed by atoms with Gasteiger partial charge in [-0.15, -0.1) is 0 Å². The van der Waals surface area contributed by atoms with Crippen LogP contribution in [0.4, 0.5) is 8.78 Å². The summed E-state index contributed by atoms with van der Waals surface area (Å²) >= 11 is 6.30. The van der Waals surface area contributed by atoms with E-state index in [0.29, 0.717) is 16.5 Å². The first-order chi connectivity index (χ1) is 13.4. The standard InChI is InChI=1S/C20H17ClF2N2O3/c1-28-19-10-17(25-6-2-3-7-25)14(21)9-13(19)20(27)24-11-18(26)12-4-5-15(22)16(23)8-12/h2-10,18,26H,11H2,1H3,(H,24,27). The molecule has 2 N–H and O–H groups in total. The fourth-order valence-corrected chi connectivity index (χ4v) is 2.97. The van der Waals surface area contributed by atoms with Gasteiger partial charge in [-0.3, -0.25) is 4.79 Å². The molecule has 3 rings (SSSR count). The van der Waals surface area contributed by atoms with Gasteiger partial charge in [0.2, 0.25) is 0 Å². The molecule has 28 heavy (non-hydrogen) atoms. The van der Waals surface area contributed by atoms with Gasteiger partial charge in [0.15, 0.2) is 11.6 Å². The van der Waals surface area contributed by atoms with Gasteiger partial charge in [-0.2, -0.15) is 0 Å². The molecule has 0 bridgehead atoms. The molecule has 3 aromatic rings. The van der Waals surface area contributed by atoms with E-state index >= 15 is 0 Å². The lowest BCUT2D eigenvalue weighted by molar-refractivity contribution is 0.0913. The number of carbonyl (C=O) groups excluding carboxylic acids is 1. The van der Waals surface area contributed by atoms with E-state index in [1.165, 1.54) is 19.2 Å². The maximum Gasteiger partial charge on any atom is 0.255 e. The first kappa shape index (κ1) is 19.9. The van der Waals surface area contributed by atoms with Crippen LogP contribution in [-0.2, 0) is 0 Å². The van der Waals surface area contributed by atoms with Crippen molar-refractivity contribution < 1.29 is 23.4 Å². The zero-order chi connectivity index (χ0) is 20.3. The topological polar surface area (TPSA) is 63.5 Å². The average molecular weight is 407 g/mol. The molecule has 5 nitrogen and oxygen atoms in total. The maximum atomic E-state index is 13.3. The van der Waals surface area contributed by atoms with Crippen LogP contribution in [0, 0.1) is 11.6 Å². The summed E-state index contributed by atoms with van der Waals surface area (Å²) in [5.74, 6) is -2.31. The van der Waals surface area contributed by atoms with E-state index in [1.54, 1.807) is 23.0 Å². The van der Waals surface area contributed by atoms with Crippen LogP contribution in [0.5, 0.6) is 5.75 Å². The Morgan fingerprint density at radius 2 is 1.93 bits per heavy atom. The molecule has 0 aliphatic carbocycles. The Hall–Kier alpha value is -2.90. The van der Waals surface area contributed by atoms with Crippen molar-refractivity contribution in [1.29, 1.82) is 0 Å². The second kappa shape index (κ2) is 8.41. The molecule has 0 aliphatic rings. The molecule has 1 amide bonds. The lowest BCUT2D eigenvalue weighted by atomic mass is 10.1. The SMILES string of the molecule is COc1cc(-n2cccc2)c(Cl)cc1C(=O)NCC(O)c1ccc(F)c(F)c1. The zero-order valence-electron chi connectivity index (χ0n) is 14.8. The van der Waals surface area contributed by atoms with Gasteiger partial charge in [-0.25, -0.2) is 8.78 Å². The second-order valence-corrected chi connectivity index (χ2v) is 6.40. The molecule has 0 radical (unpaired) electrons. The highest BCUT2D eigenvalue weighted by Gasteiger charge is 2.18. The molecular formula is C20H17ClF2N2O3. The molecule has 2 aromatic carbocycles. The summed E-state index contributed by atoms with van der Waals surface area (Å²) in [6.45, 7) is -0.204. The third-order valence-corrected chi connectivity index (χ3v) is 4.48. The van der Waals surface area contributed by atoms with Crippen molar-refractivity contribution in [2.75, 3.05) is 13.7 Å². The Kier molecular flexibility index (Phi) is 5.96. The number of halogens is 3. The van der Waals surface area contributed by atoms with Crippen molar-refractivity contribution in [2.45, 2.75) is 6.10 Å². The number of hydrogen-bond acceptors (Lipinski definition) is 3. The highest BCUT2D eigenvalue weighted by molar-refractivity contribution is 6.33. The number of ether oxygens (including phenoxy) is 1. The predicted molar refractivity (Wildman–Crippen MR) is 101 cm³/mol. The van der Waals surface area contributed by atoms with Gasteiger partial charge in [0.05, 0.1) is 29.5 Å². The van der Waals surface area contributed by atoms with Crippen LogP contribution in [0.3, 0.4) is 0 Å². The molecule has 1 atom stereocenters. The summed E-state index contributed by atoms with van der Waals surface area (Å²) in [7, 11) is 1.43. The molecule has 0 fully saturated rings. The quantitative estimate of drug-likeness (QED) is 0.653. The number of aliphatic hydroxyl groups excluding tert-OH is 1. The number of methoxy groups -OCH3 is 1. The number of carbonyl (C=O) groups is 1. The van der Waals surface area contributed by atoms with E-state index in [0.717, 1.165) is 12.1 Å². The van der Waals surface area contributed by atoms with Crippen LogP contribution in [0.2, 0.25) is 5.02 Å². The first-order valence-corrected chi connectivity index (χ1v) is 8.70. The third kappa shape index (κ3) is 4.16. The number of hydrogen-bond donors (Lipinski definition) is 2. The van der Waals surface area contributed by atoms with Gasteiger partial charge < -0.3 is 19.7 Å². The average Bonchev–Trinajstić information content (AvgIpc) is 3.22. The van der Waals surface area contributed by atoms with Crippen LogP contribution < -0.4 is 10.1 Å². The molecule has 1 heterocycles. The number of benzene rings is 2. The molecular weight excluding hydrogens is 390 g/mol. The summed E-state index contributed by atoms with van der Waals surface area (Å²) in [5.41, 5.74) is 0.968. The number of nitrogens with one attached hydrogen (secondary N) is 1. The molecule has 0 spiro atoms. The highest BCUT2D eigenvalue weighted by atomic mass is 35.5. The fraction of sp³-hybridized carbons (Fsp3) is 0.150. The van der Waals surface area contributed by atoms with Crippen LogP contribution in [-0.4, -0.2) is 29.2 Å². The predicted octanol–water partition coefficient (Wildman–Crippen LogP) is 3.88. The summed E-state index contributed by atoms with van der Waals surface area (Å²) in [6.07, 6.45) is 2.40. The minimum atomic E-state index is -1.21. The van der Waals surface area contributed by atoms with Gasteiger partial charge in [-0.1, -0.05) is 17.7 Å². The molecule has 1 unspecified atom stereocenters. The Morgan fingerprint density at radius 1 is 1.21 bits per heavy atom. The van der Waals surface area contributed by atoms with Crippen LogP contribution >= 0.6 is 11.6 Å². The highest BCUT2D eigenvalue weighted by Crippen LogP contribution is 2.30. The van der Waals surface area contributed by atoms with Crippen molar-refractivity contribution >= 4 is 17.5 Å². The molecule has 0 saturated carbocycles. The van der Waals surface area contributed by atoms with E-state index in [4.69, 9.17) is 16.3 Å². The van der Waals surface area contributed by atoms with E-state index in [2.05, 4.69) is 5.32 Å². The van der Waals surface area contributed by atoms with Crippen molar-refractivity contribution in [3.63, 3.8) is 0 Å². The molecule has 8 heteroatoms. The first-order valence-electron chi connectivity index (χ1n) is 8.32. The van der Waals surface area contributed by atoms with Crippen molar-refractivity contribution in [2.24, 2.45) is 0 Å². The Morgan fingerprint density at radius 3 is 2.57 bits per heavy atom. The Bertz CT molecular complexity index is 993. The summed E-state index contributed by atoms with van der Waals surface area (Å²) in [6, 6.07) is 9.82. The van der Waals surface area contributed by atoms with Gasteiger partial charge in [0.25, 0.3) is 5.91 Å². The Labute approximate surface area is 165 Å². The number of rotatable bonds is 6. The molecule has 1 aromatic heterocycles. The smallest absolute Gasteiger partial charge is 0.255 e. The molecule has 0 saturated heterocycles. The monoisotopic (exact) mass is 406 g/mol. The number of aliphatic hydroxyl groups is 1. The molecule has 146 valence electrons. The number of amides is 1. The Balaban J connectivity index is 1.76. The van der Waals surface area contributed by atoms with Crippen molar-refractivity contribution in [3.05, 3.63) is 82.6 Å². The summed E-state index contributed by atoms with van der Waals surface area (Å²) in [4.78, 5) is 12.5. The van der Waals surface area contributed by atoms with Gasteiger partial charge in [-0.05, 0) is 35.9 Å². The van der Waals surface area contributed by atoms with Crippen molar-refractivity contribution in [1.82, 2.24) is 9.88 Å². The van der Waals surface area contributed by atoms with E-state index in [1.807, 2.05) is 12.1 Å². The zero-order valence-corrected chi connectivity index (χ0v) is 15.6. The summed E-state index contributed by atoms with van der Waals surface area (Å²) in [5, 5.41) is 13.0. The normalized spacial score (nSPS) is 11.9. The second-order valence-electron chi connectivity index (χ2n) is 5.99. The minimum absolute atomic E-state index is 0.146. The van der Waals surface area contributed by atoms with Crippen LogP contribution in [0.25, 0.3) is 5.69 Å². The van der Waals surface area contributed by atoms with Gasteiger partial charge in [0, 0.05) is 25.0 Å². The van der Waals surface area contributed by atoms with Crippen LogP contribution in [0.15, 0.2) is 54.9 Å². The lowest BCUT2D eigenvalue weighted by Gasteiger charge is -2.15. The maximum absolute atomic E-state index is 13.3. The summed E-state index contributed by atoms with van der Waals surface area (Å²) < 4.78 is 33.4. The fourth-order valence-electron chi connectivity index (χ4n) is 2.70. The van der Waals surface area contributed by atoms with Gasteiger partial charge >= 0.3 is 0 Å². The minimum Gasteiger partial charge on any atom is -0.496 e.